The average molecular weight is 357 g/mol. The first-order valence-corrected chi connectivity index (χ1v) is 8.22. The minimum absolute atomic E-state index is 0.0344. The van der Waals surface area contributed by atoms with Crippen molar-refractivity contribution in [3.8, 4) is 5.75 Å². The molecule has 0 spiro atoms. The zero-order valence-corrected chi connectivity index (χ0v) is 14.8. The summed E-state index contributed by atoms with van der Waals surface area (Å²) in [6.07, 6.45) is 0.908. The quantitative estimate of drug-likeness (QED) is 0.750. The van der Waals surface area contributed by atoms with Crippen LogP contribution in [0.3, 0.4) is 0 Å². The van der Waals surface area contributed by atoms with Crippen molar-refractivity contribution >= 4 is 21.8 Å². The van der Waals surface area contributed by atoms with Gasteiger partial charge in [-0.2, -0.15) is 0 Å². The molecule has 0 bridgehead atoms. The van der Waals surface area contributed by atoms with E-state index in [0.717, 1.165) is 28.8 Å². The van der Waals surface area contributed by atoms with Crippen LogP contribution in [0.5, 0.6) is 5.75 Å². The Morgan fingerprint density at radius 2 is 2.05 bits per heavy atom. The van der Waals surface area contributed by atoms with Gasteiger partial charge in [-0.05, 0) is 38.9 Å². The normalized spacial score (nSPS) is 13.6. The Bertz CT molecular complexity index is 466. The Morgan fingerprint density at radius 1 is 1.33 bits per heavy atom. The smallest absolute Gasteiger partial charge is 0.258 e. The Kier molecular flexibility index (Phi) is 7.75. The highest BCUT2D eigenvalue weighted by Crippen LogP contribution is 2.28. The Labute approximate surface area is 135 Å². The van der Waals surface area contributed by atoms with Crippen molar-refractivity contribution < 1.29 is 9.53 Å². The molecule has 0 aliphatic heterocycles. The topological polar surface area (TPSA) is 50.4 Å². The lowest BCUT2D eigenvalue weighted by molar-refractivity contribution is -0.123. The summed E-state index contributed by atoms with van der Waals surface area (Å²) in [4.78, 5) is 11.8. The molecule has 1 amide bonds. The van der Waals surface area contributed by atoms with Crippen molar-refractivity contribution in [1.29, 1.82) is 0 Å². The molecule has 0 aromatic heterocycles. The second-order valence-electron chi connectivity index (χ2n) is 5.13. The summed E-state index contributed by atoms with van der Waals surface area (Å²) >= 11 is 3.44. The predicted molar refractivity (Wildman–Crippen MR) is 89.6 cm³/mol. The van der Waals surface area contributed by atoms with Gasteiger partial charge in [0.05, 0.1) is 0 Å². The lowest BCUT2D eigenvalue weighted by atomic mass is 10.1. The third-order valence-electron chi connectivity index (χ3n) is 3.33. The molecule has 1 aromatic carbocycles. The average Bonchev–Trinajstić information content (AvgIpc) is 2.45. The molecule has 2 atom stereocenters. The number of amides is 1. The van der Waals surface area contributed by atoms with Crippen LogP contribution < -0.4 is 15.4 Å². The largest absolute Gasteiger partial charge is 0.483 e. The molecule has 2 unspecified atom stereocenters. The van der Waals surface area contributed by atoms with Crippen LogP contribution in [0.15, 0.2) is 22.7 Å². The number of hydrogen-bond acceptors (Lipinski definition) is 3. The minimum atomic E-state index is -0.0913. The maximum atomic E-state index is 11.8. The summed E-state index contributed by atoms with van der Waals surface area (Å²) in [5, 5.41) is 6.25. The van der Waals surface area contributed by atoms with Crippen LogP contribution in [0.25, 0.3) is 0 Å². The van der Waals surface area contributed by atoms with Gasteiger partial charge in [0.25, 0.3) is 5.91 Å². The zero-order chi connectivity index (χ0) is 15.8. The molecule has 21 heavy (non-hydrogen) atoms. The van der Waals surface area contributed by atoms with Crippen molar-refractivity contribution in [2.24, 2.45) is 0 Å². The first kappa shape index (κ1) is 18.0. The van der Waals surface area contributed by atoms with Crippen LogP contribution in [-0.2, 0) is 4.79 Å². The van der Waals surface area contributed by atoms with E-state index in [4.69, 9.17) is 4.74 Å². The van der Waals surface area contributed by atoms with E-state index in [-0.39, 0.29) is 24.6 Å². The first-order chi connectivity index (χ1) is 9.97. The van der Waals surface area contributed by atoms with Gasteiger partial charge in [0.1, 0.15) is 5.75 Å². The molecule has 0 aliphatic carbocycles. The molecule has 0 aliphatic rings. The third-order valence-corrected chi connectivity index (χ3v) is 3.82. The van der Waals surface area contributed by atoms with Crippen LogP contribution in [0.4, 0.5) is 0 Å². The van der Waals surface area contributed by atoms with Crippen LogP contribution >= 0.6 is 15.9 Å². The van der Waals surface area contributed by atoms with Gasteiger partial charge in [0.15, 0.2) is 6.61 Å². The standard InChI is InChI=1S/C16H25BrN2O2/c1-5-11(3)19-16(20)10-21-15-9-13(17)7-8-14(15)12(4)18-6-2/h7-9,11-12,18H,5-6,10H2,1-4H3,(H,19,20). The number of carbonyl (C=O) groups is 1. The minimum Gasteiger partial charge on any atom is -0.483 e. The molecule has 1 rings (SSSR count). The molecule has 5 heteroatoms. The van der Waals surface area contributed by atoms with Gasteiger partial charge in [0.2, 0.25) is 0 Å². The highest BCUT2D eigenvalue weighted by molar-refractivity contribution is 9.10. The summed E-state index contributed by atoms with van der Waals surface area (Å²) in [6, 6.07) is 6.24. The van der Waals surface area contributed by atoms with E-state index in [1.165, 1.54) is 0 Å². The van der Waals surface area contributed by atoms with Crippen molar-refractivity contribution in [3.63, 3.8) is 0 Å². The lowest BCUT2D eigenvalue weighted by Gasteiger charge is -2.18. The molecule has 1 aromatic rings. The molecule has 2 N–H and O–H groups in total. The molecular formula is C16H25BrN2O2. The van der Waals surface area contributed by atoms with E-state index >= 15 is 0 Å². The highest BCUT2D eigenvalue weighted by atomic mass is 79.9. The van der Waals surface area contributed by atoms with E-state index in [9.17, 15) is 4.79 Å². The molecule has 118 valence electrons. The Morgan fingerprint density at radius 3 is 2.67 bits per heavy atom. The van der Waals surface area contributed by atoms with Crippen LogP contribution in [0, 0.1) is 0 Å². The lowest BCUT2D eigenvalue weighted by Crippen LogP contribution is -2.35. The SMILES string of the molecule is CCNC(C)c1ccc(Br)cc1OCC(=O)NC(C)CC. The molecule has 0 saturated carbocycles. The van der Waals surface area contributed by atoms with Gasteiger partial charge in [0, 0.05) is 22.1 Å². The number of nitrogens with one attached hydrogen (secondary N) is 2. The maximum Gasteiger partial charge on any atom is 0.258 e. The molecular weight excluding hydrogens is 332 g/mol. The molecule has 0 radical (unpaired) electrons. The van der Waals surface area contributed by atoms with Gasteiger partial charge < -0.3 is 15.4 Å². The first-order valence-electron chi connectivity index (χ1n) is 7.42. The van der Waals surface area contributed by atoms with Crippen molar-refractivity contribution in [2.75, 3.05) is 13.2 Å². The number of carbonyl (C=O) groups excluding carboxylic acids is 1. The fourth-order valence-electron chi connectivity index (χ4n) is 1.97. The number of halogens is 1. The summed E-state index contributed by atoms with van der Waals surface area (Å²) in [7, 11) is 0. The molecule has 0 fully saturated rings. The summed E-state index contributed by atoms with van der Waals surface area (Å²) in [5.41, 5.74) is 1.05. The second kappa shape index (κ2) is 9.05. The highest BCUT2D eigenvalue weighted by Gasteiger charge is 2.13. The van der Waals surface area contributed by atoms with Gasteiger partial charge in [-0.3, -0.25) is 4.79 Å². The number of ether oxygens (including phenoxy) is 1. The number of hydrogen-bond donors (Lipinski definition) is 2. The van der Waals surface area contributed by atoms with Gasteiger partial charge >= 0.3 is 0 Å². The zero-order valence-electron chi connectivity index (χ0n) is 13.2. The summed E-state index contributed by atoms with van der Waals surface area (Å²) < 4.78 is 6.65. The maximum absolute atomic E-state index is 11.8. The van der Waals surface area contributed by atoms with E-state index in [2.05, 4.69) is 40.4 Å². The third kappa shape index (κ3) is 6.06. The monoisotopic (exact) mass is 356 g/mol. The van der Waals surface area contributed by atoms with E-state index in [1.807, 2.05) is 32.0 Å². The number of rotatable bonds is 8. The summed E-state index contributed by atoms with van der Waals surface area (Å²) in [5.74, 6) is 0.642. The van der Waals surface area contributed by atoms with E-state index in [0.29, 0.717) is 0 Å². The van der Waals surface area contributed by atoms with Crippen molar-refractivity contribution in [3.05, 3.63) is 28.2 Å². The van der Waals surface area contributed by atoms with Crippen LogP contribution in [0.2, 0.25) is 0 Å². The second-order valence-corrected chi connectivity index (χ2v) is 6.04. The van der Waals surface area contributed by atoms with E-state index in [1.54, 1.807) is 0 Å². The fraction of sp³-hybridized carbons (Fsp3) is 0.562. The predicted octanol–water partition coefficient (Wildman–Crippen LogP) is 3.41. The molecule has 0 saturated heterocycles. The van der Waals surface area contributed by atoms with Gasteiger partial charge in [-0.1, -0.05) is 35.8 Å². The van der Waals surface area contributed by atoms with Gasteiger partial charge in [-0.25, -0.2) is 0 Å². The van der Waals surface area contributed by atoms with Crippen molar-refractivity contribution in [1.82, 2.24) is 10.6 Å². The number of benzene rings is 1. The molecule has 0 heterocycles. The van der Waals surface area contributed by atoms with Crippen LogP contribution in [-0.4, -0.2) is 25.1 Å². The molecule has 4 nitrogen and oxygen atoms in total. The van der Waals surface area contributed by atoms with E-state index < -0.39 is 0 Å². The van der Waals surface area contributed by atoms with Crippen molar-refractivity contribution in [2.45, 2.75) is 46.2 Å². The van der Waals surface area contributed by atoms with Crippen LogP contribution in [0.1, 0.15) is 45.7 Å². The van der Waals surface area contributed by atoms with Gasteiger partial charge in [-0.15, -0.1) is 0 Å². The summed E-state index contributed by atoms with van der Waals surface area (Å²) in [6.45, 7) is 9.08. The Hall–Kier alpha value is -1.07. The Balaban J connectivity index is 2.72. The fourth-order valence-corrected chi connectivity index (χ4v) is 2.31.